The summed E-state index contributed by atoms with van der Waals surface area (Å²) in [5, 5.41) is 41.6. The van der Waals surface area contributed by atoms with Crippen LogP contribution in [0.25, 0.3) is 0 Å². The predicted octanol–water partition coefficient (Wildman–Crippen LogP) is 4.11. The standard InChI is InChI=1S/C20H12N2O7/c23-18-9-8-15(11-16(18)21(25)26)29-20-12-17(22(27)28)19(24)10-14(20)7-6-13-4-2-1-3-5-13/h1-5,8-12,23-24H. The Bertz CT molecular complexity index is 1160. The maximum absolute atomic E-state index is 11.1. The predicted molar refractivity (Wildman–Crippen MR) is 102 cm³/mol. The summed E-state index contributed by atoms with van der Waals surface area (Å²) in [6, 6.07) is 14.2. The van der Waals surface area contributed by atoms with Gasteiger partial charge in [0, 0.05) is 11.6 Å². The zero-order chi connectivity index (χ0) is 21.0. The summed E-state index contributed by atoms with van der Waals surface area (Å²) in [5.41, 5.74) is -0.407. The van der Waals surface area contributed by atoms with Crippen molar-refractivity contribution < 1.29 is 24.8 Å². The highest BCUT2D eigenvalue weighted by atomic mass is 16.6. The highest BCUT2D eigenvalue weighted by Crippen LogP contribution is 2.37. The molecule has 0 aliphatic carbocycles. The van der Waals surface area contributed by atoms with Gasteiger partial charge >= 0.3 is 11.4 Å². The Balaban J connectivity index is 2.07. The van der Waals surface area contributed by atoms with Gasteiger partial charge < -0.3 is 14.9 Å². The zero-order valence-electron chi connectivity index (χ0n) is 14.6. The highest BCUT2D eigenvalue weighted by Gasteiger charge is 2.20. The van der Waals surface area contributed by atoms with Gasteiger partial charge in [0.25, 0.3) is 0 Å². The van der Waals surface area contributed by atoms with Gasteiger partial charge in [-0.05, 0) is 24.3 Å². The van der Waals surface area contributed by atoms with E-state index in [-0.39, 0.29) is 17.1 Å². The van der Waals surface area contributed by atoms with Crippen molar-refractivity contribution >= 4 is 11.4 Å². The summed E-state index contributed by atoms with van der Waals surface area (Å²) in [4.78, 5) is 20.5. The fourth-order valence-electron chi connectivity index (χ4n) is 2.39. The lowest BCUT2D eigenvalue weighted by molar-refractivity contribution is -0.385. The third-order valence-electron chi connectivity index (χ3n) is 3.76. The van der Waals surface area contributed by atoms with Crippen LogP contribution in [0.4, 0.5) is 11.4 Å². The molecule has 0 spiro atoms. The van der Waals surface area contributed by atoms with Gasteiger partial charge in [-0.25, -0.2) is 0 Å². The van der Waals surface area contributed by atoms with Crippen molar-refractivity contribution in [1.82, 2.24) is 0 Å². The fourth-order valence-corrected chi connectivity index (χ4v) is 2.39. The number of phenolic OH excluding ortho intramolecular Hbond substituents is 2. The molecule has 3 aromatic rings. The number of nitro benzene ring substituents is 2. The average Bonchev–Trinajstić information content (AvgIpc) is 2.69. The molecular formula is C20H12N2O7. The zero-order valence-corrected chi connectivity index (χ0v) is 14.6. The van der Waals surface area contributed by atoms with E-state index in [1.54, 1.807) is 24.3 Å². The molecule has 9 nitrogen and oxygen atoms in total. The molecular weight excluding hydrogens is 380 g/mol. The van der Waals surface area contributed by atoms with Crippen LogP contribution in [0.5, 0.6) is 23.0 Å². The second-order valence-corrected chi connectivity index (χ2v) is 5.72. The second-order valence-electron chi connectivity index (χ2n) is 5.72. The first kappa shape index (κ1) is 19.2. The van der Waals surface area contributed by atoms with E-state index >= 15 is 0 Å². The van der Waals surface area contributed by atoms with Gasteiger partial charge in [0.2, 0.25) is 0 Å². The molecule has 0 atom stereocenters. The number of hydrogen-bond donors (Lipinski definition) is 2. The van der Waals surface area contributed by atoms with Crippen molar-refractivity contribution in [2.45, 2.75) is 0 Å². The average molecular weight is 392 g/mol. The van der Waals surface area contributed by atoms with Gasteiger partial charge in [0.15, 0.2) is 11.5 Å². The first-order valence-electron chi connectivity index (χ1n) is 8.09. The first-order valence-corrected chi connectivity index (χ1v) is 8.09. The van der Waals surface area contributed by atoms with E-state index in [1.807, 2.05) is 6.07 Å². The monoisotopic (exact) mass is 392 g/mol. The molecule has 0 fully saturated rings. The lowest BCUT2D eigenvalue weighted by Crippen LogP contribution is -1.95. The van der Waals surface area contributed by atoms with Crippen LogP contribution in [0.1, 0.15) is 11.1 Å². The molecule has 0 unspecified atom stereocenters. The number of rotatable bonds is 4. The lowest BCUT2D eigenvalue weighted by Gasteiger charge is -2.09. The Morgan fingerprint density at radius 1 is 0.793 bits per heavy atom. The third-order valence-corrected chi connectivity index (χ3v) is 3.76. The van der Waals surface area contributed by atoms with E-state index in [9.17, 15) is 30.4 Å². The molecule has 3 aromatic carbocycles. The van der Waals surface area contributed by atoms with Gasteiger partial charge in [-0.1, -0.05) is 30.0 Å². The Hall–Kier alpha value is -4.58. The Morgan fingerprint density at radius 2 is 1.45 bits per heavy atom. The summed E-state index contributed by atoms with van der Waals surface area (Å²) < 4.78 is 5.56. The molecule has 0 aliphatic heterocycles. The van der Waals surface area contributed by atoms with E-state index in [2.05, 4.69) is 11.8 Å². The first-order chi connectivity index (χ1) is 13.8. The van der Waals surface area contributed by atoms with Crippen LogP contribution in [0.3, 0.4) is 0 Å². The van der Waals surface area contributed by atoms with Crippen molar-refractivity contribution in [3.05, 3.63) is 92.0 Å². The normalized spacial score (nSPS) is 9.93. The summed E-state index contributed by atoms with van der Waals surface area (Å²) in [7, 11) is 0. The third kappa shape index (κ3) is 4.40. The van der Waals surface area contributed by atoms with Crippen LogP contribution < -0.4 is 4.74 Å². The Morgan fingerprint density at radius 3 is 2.10 bits per heavy atom. The van der Waals surface area contributed by atoms with E-state index in [4.69, 9.17) is 4.74 Å². The highest BCUT2D eigenvalue weighted by molar-refractivity contribution is 5.61. The number of phenols is 2. The van der Waals surface area contributed by atoms with Crippen LogP contribution >= 0.6 is 0 Å². The molecule has 0 bridgehead atoms. The summed E-state index contributed by atoms with van der Waals surface area (Å²) in [6.07, 6.45) is 0. The fraction of sp³-hybridized carbons (Fsp3) is 0. The Labute approximate surface area is 163 Å². The molecule has 9 heteroatoms. The molecule has 144 valence electrons. The minimum atomic E-state index is -0.796. The molecule has 0 saturated carbocycles. The topological polar surface area (TPSA) is 136 Å². The minimum Gasteiger partial charge on any atom is -0.502 e. The molecule has 2 N–H and O–H groups in total. The van der Waals surface area contributed by atoms with Crippen molar-refractivity contribution in [3.8, 4) is 34.8 Å². The quantitative estimate of drug-likeness (QED) is 0.387. The van der Waals surface area contributed by atoms with Crippen LogP contribution in [-0.4, -0.2) is 20.1 Å². The lowest BCUT2D eigenvalue weighted by atomic mass is 10.1. The number of hydrogen-bond acceptors (Lipinski definition) is 7. The van der Waals surface area contributed by atoms with Crippen molar-refractivity contribution in [1.29, 1.82) is 0 Å². The largest absolute Gasteiger partial charge is 0.502 e. The van der Waals surface area contributed by atoms with E-state index in [0.29, 0.717) is 5.56 Å². The van der Waals surface area contributed by atoms with Crippen LogP contribution in [0, 0.1) is 32.1 Å². The van der Waals surface area contributed by atoms with E-state index in [1.165, 1.54) is 6.07 Å². The van der Waals surface area contributed by atoms with Crippen LogP contribution in [-0.2, 0) is 0 Å². The number of nitrogens with zero attached hydrogens (tertiary/aromatic N) is 2. The van der Waals surface area contributed by atoms with Gasteiger partial charge in [-0.3, -0.25) is 20.2 Å². The minimum absolute atomic E-state index is 0.0442. The molecule has 0 aromatic heterocycles. The number of nitro groups is 2. The Kier molecular flexibility index (Phi) is 5.28. The van der Waals surface area contributed by atoms with E-state index < -0.39 is 32.7 Å². The maximum atomic E-state index is 11.1. The SMILES string of the molecule is O=[N+]([O-])c1cc(Oc2cc([N+](=O)[O-])c(O)cc2C#Cc2ccccc2)ccc1O. The smallest absolute Gasteiger partial charge is 0.314 e. The molecule has 0 amide bonds. The summed E-state index contributed by atoms with van der Waals surface area (Å²) in [5.74, 6) is 4.32. The molecule has 0 radical (unpaired) electrons. The molecule has 0 saturated heterocycles. The summed E-state index contributed by atoms with van der Waals surface area (Å²) in [6.45, 7) is 0. The van der Waals surface area contributed by atoms with Crippen molar-refractivity contribution in [2.75, 3.05) is 0 Å². The number of ether oxygens (including phenoxy) is 1. The van der Waals surface area contributed by atoms with E-state index in [0.717, 1.165) is 24.3 Å². The molecule has 3 rings (SSSR count). The van der Waals surface area contributed by atoms with Crippen LogP contribution in [0.2, 0.25) is 0 Å². The molecule has 0 aliphatic rings. The van der Waals surface area contributed by atoms with Crippen molar-refractivity contribution in [2.24, 2.45) is 0 Å². The molecule has 29 heavy (non-hydrogen) atoms. The van der Waals surface area contributed by atoms with Gasteiger partial charge in [0.1, 0.15) is 11.5 Å². The second kappa shape index (κ2) is 7.98. The maximum Gasteiger partial charge on any atom is 0.314 e. The summed E-state index contributed by atoms with van der Waals surface area (Å²) >= 11 is 0. The van der Waals surface area contributed by atoms with Gasteiger partial charge in [0.05, 0.1) is 27.5 Å². The number of benzene rings is 3. The van der Waals surface area contributed by atoms with Crippen molar-refractivity contribution in [3.63, 3.8) is 0 Å². The number of aromatic hydroxyl groups is 2. The molecule has 0 heterocycles. The van der Waals surface area contributed by atoms with Gasteiger partial charge in [-0.2, -0.15) is 0 Å². The van der Waals surface area contributed by atoms with Gasteiger partial charge in [-0.15, -0.1) is 0 Å². The van der Waals surface area contributed by atoms with Crippen LogP contribution in [0.15, 0.2) is 60.7 Å².